The maximum absolute atomic E-state index is 13.2. The zero-order chi connectivity index (χ0) is 20.5. The molecule has 2 aromatic heterocycles. The Balaban J connectivity index is 1.25. The molecule has 3 aromatic rings. The molecule has 0 atom stereocenters. The summed E-state index contributed by atoms with van der Waals surface area (Å²) < 4.78 is 8.06. The second-order valence-electron chi connectivity index (χ2n) is 8.48. The summed E-state index contributed by atoms with van der Waals surface area (Å²) in [5.41, 5.74) is 3.54. The summed E-state index contributed by atoms with van der Waals surface area (Å²) in [6, 6.07) is 11.6. The standard InChI is InChI=1S/C24H28N4O2/c1-18-5-4-10-28-16-20(25-23(18)28)17-30-22-7-3-2-6-21(22)24(29)27-13-11-26(12-14-27)15-19-8-9-19/h2-7,10,16,19H,8-9,11-15,17H2,1H3. The van der Waals surface area contributed by atoms with Crippen LogP contribution in [0.1, 0.15) is 34.5 Å². The summed E-state index contributed by atoms with van der Waals surface area (Å²) in [5.74, 6) is 1.57. The monoisotopic (exact) mass is 404 g/mol. The van der Waals surface area contributed by atoms with Crippen LogP contribution in [-0.2, 0) is 6.61 Å². The molecule has 5 rings (SSSR count). The van der Waals surface area contributed by atoms with Crippen molar-refractivity contribution in [2.45, 2.75) is 26.4 Å². The Hall–Kier alpha value is -2.86. The van der Waals surface area contributed by atoms with Gasteiger partial charge in [-0.2, -0.15) is 0 Å². The number of aryl methyl sites for hydroxylation is 1. The second kappa shape index (κ2) is 8.11. The third-order valence-corrected chi connectivity index (χ3v) is 6.09. The summed E-state index contributed by atoms with van der Waals surface area (Å²) in [6.07, 6.45) is 6.70. The van der Waals surface area contributed by atoms with Gasteiger partial charge in [-0.05, 0) is 49.4 Å². The summed E-state index contributed by atoms with van der Waals surface area (Å²) in [5, 5.41) is 0. The van der Waals surface area contributed by atoms with Crippen molar-refractivity contribution in [3.63, 3.8) is 0 Å². The maximum Gasteiger partial charge on any atom is 0.257 e. The van der Waals surface area contributed by atoms with E-state index in [-0.39, 0.29) is 5.91 Å². The lowest BCUT2D eigenvalue weighted by Crippen LogP contribution is -2.49. The molecule has 1 amide bonds. The summed E-state index contributed by atoms with van der Waals surface area (Å²) in [7, 11) is 0. The number of rotatable bonds is 6. The average Bonchev–Trinajstić information content (AvgIpc) is 3.48. The van der Waals surface area contributed by atoms with Gasteiger partial charge in [-0.25, -0.2) is 4.98 Å². The van der Waals surface area contributed by atoms with Crippen molar-refractivity contribution in [1.82, 2.24) is 19.2 Å². The van der Waals surface area contributed by atoms with E-state index in [1.54, 1.807) is 0 Å². The fourth-order valence-corrected chi connectivity index (χ4v) is 4.16. The van der Waals surface area contributed by atoms with Crippen molar-refractivity contribution < 1.29 is 9.53 Å². The van der Waals surface area contributed by atoms with Crippen LogP contribution >= 0.6 is 0 Å². The number of amides is 1. The highest BCUT2D eigenvalue weighted by atomic mass is 16.5. The smallest absolute Gasteiger partial charge is 0.257 e. The van der Waals surface area contributed by atoms with Gasteiger partial charge in [-0.1, -0.05) is 18.2 Å². The van der Waals surface area contributed by atoms with Crippen LogP contribution in [-0.4, -0.2) is 57.8 Å². The fourth-order valence-electron chi connectivity index (χ4n) is 4.16. The number of carbonyl (C=O) groups is 1. The normalized spacial score (nSPS) is 17.4. The molecule has 30 heavy (non-hydrogen) atoms. The van der Waals surface area contributed by atoms with Crippen LogP contribution in [0.2, 0.25) is 0 Å². The van der Waals surface area contributed by atoms with Crippen LogP contribution in [0, 0.1) is 12.8 Å². The minimum absolute atomic E-state index is 0.0579. The number of aromatic nitrogens is 2. The molecule has 2 aliphatic rings. The van der Waals surface area contributed by atoms with E-state index >= 15 is 0 Å². The van der Waals surface area contributed by atoms with Gasteiger partial charge in [0.25, 0.3) is 5.91 Å². The Labute approximate surface area is 177 Å². The number of para-hydroxylation sites is 1. The fraction of sp³-hybridized carbons (Fsp3) is 0.417. The largest absolute Gasteiger partial charge is 0.486 e. The van der Waals surface area contributed by atoms with Crippen LogP contribution < -0.4 is 4.74 Å². The first-order valence-corrected chi connectivity index (χ1v) is 10.8. The number of ether oxygens (including phenoxy) is 1. The molecule has 0 unspecified atom stereocenters. The van der Waals surface area contributed by atoms with Crippen molar-refractivity contribution >= 4 is 11.6 Å². The number of pyridine rings is 1. The van der Waals surface area contributed by atoms with Crippen LogP contribution in [0.5, 0.6) is 5.75 Å². The summed E-state index contributed by atoms with van der Waals surface area (Å²) in [4.78, 5) is 22.3. The van der Waals surface area contributed by atoms with E-state index < -0.39 is 0 Å². The molecule has 1 saturated carbocycles. The Bertz CT molecular complexity index is 1050. The van der Waals surface area contributed by atoms with E-state index in [0.717, 1.165) is 49.0 Å². The molecule has 6 nitrogen and oxygen atoms in total. The number of piperazine rings is 1. The van der Waals surface area contributed by atoms with E-state index in [1.807, 2.05) is 65.0 Å². The molecule has 0 spiro atoms. The first kappa shape index (κ1) is 19.1. The molecule has 0 radical (unpaired) electrons. The number of fused-ring (bicyclic) bond motifs is 1. The first-order valence-electron chi connectivity index (χ1n) is 10.8. The van der Waals surface area contributed by atoms with Crippen molar-refractivity contribution in [2.24, 2.45) is 5.92 Å². The number of hydrogen-bond acceptors (Lipinski definition) is 4. The Morgan fingerprint density at radius 1 is 1.10 bits per heavy atom. The zero-order valence-electron chi connectivity index (χ0n) is 17.5. The molecule has 0 N–H and O–H groups in total. The van der Waals surface area contributed by atoms with E-state index in [2.05, 4.69) is 9.88 Å². The summed E-state index contributed by atoms with van der Waals surface area (Å²) >= 11 is 0. The molecular formula is C24H28N4O2. The number of benzene rings is 1. The molecule has 2 fully saturated rings. The van der Waals surface area contributed by atoms with Gasteiger partial charge in [0.05, 0.1) is 11.3 Å². The van der Waals surface area contributed by atoms with Gasteiger partial charge < -0.3 is 14.0 Å². The highest BCUT2D eigenvalue weighted by Gasteiger charge is 2.28. The van der Waals surface area contributed by atoms with E-state index in [0.29, 0.717) is 17.9 Å². The number of nitrogens with zero attached hydrogens (tertiary/aromatic N) is 4. The topological polar surface area (TPSA) is 50.1 Å². The zero-order valence-corrected chi connectivity index (χ0v) is 17.5. The van der Waals surface area contributed by atoms with E-state index in [9.17, 15) is 4.79 Å². The van der Waals surface area contributed by atoms with Gasteiger partial charge in [-0.3, -0.25) is 9.69 Å². The van der Waals surface area contributed by atoms with Crippen molar-refractivity contribution in [3.05, 3.63) is 65.6 Å². The van der Waals surface area contributed by atoms with Gasteiger partial charge in [-0.15, -0.1) is 0 Å². The Kier molecular flexibility index (Phi) is 5.17. The molecule has 1 aromatic carbocycles. The van der Waals surface area contributed by atoms with E-state index in [1.165, 1.54) is 19.4 Å². The SMILES string of the molecule is Cc1cccn2cc(COc3ccccc3C(=O)N3CCN(CC4CC4)CC3)nc12. The van der Waals surface area contributed by atoms with Gasteiger partial charge >= 0.3 is 0 Å². The van der Waals surface area contributed by atoms with E-state index in [4.69, 9.17) is 4.74 Å². The van der Waals surface area contributed by atoms with Gasteiger partial charge in [0.1, 0.15) is 18.0 Å². The van der Waals surface area contributed by atoms with Crippen molar-refractivity contribution in [3.8, 4) is 5.75 Å². The average molecular weight is 405 g/mol. The lowest BCUT2D eigenvalue weighted by molar-refractivity contribution is 0.0627. The minimum Gasteiger partial charge on any atom is -0.486 e. The minimum atomic E-state index is 0.0579. The van der Waals surface area contributed by atoms with Gasteiger partial charge in [0.2, 0.25) is 0 Å². The van der Waals surface area contributed by atoms with Gasteiger partial charge in [0, 0.05) is 45.1 Å². The highest BCUT2D eigenvalue weighted by Crippen LogP contribution is 2.30. The first-order chi connectivity index (χ1) is 14.7. The molecule has 1 aliphatic carbocycles. The highest BCUT2D eigenvalue weighted by molar-refractivity contribution is 5.97. The molecule has 1 aliphatic heterocycles. The Morgan fingerprint density at radius 2 is 1.90 bits per heavy atom. The van der Waals surface area contributed by atoms with Crippen LogP contribution in [0.4, 0.5) is 0 Å². The third-order valence-electron chi connectivity index (χ3n) is 6.09. The molecule has 3 heterocycles. The predicted molar refractivity (Wildman–Crippen MR) is 116 cm³/mol. The Morgan fingerprint density at radius 3 is 2.67 bits per heavy atom. The summed E-state index contributed by atoms with van der Waals surface area (Å²) in [6.45, 7) is 7.07. The molecule has 1 saturated heterocycles. The number of hydrogen-bond donors (Lipinski definition) is 0. The maximum atomic E-state index is 13.2. The molecule has 0 bridgehead atoms. The molecule has 6 heteroatoms. The second-order valence-corrected chi connectivity index (χ2v) is 8.48. The van der Waals surface area contributed by atoms with Crippen LogP contribution in [0.3, 0.4) is 0 Å². The van der Waals surface area contributed by atoms with Crippen LogP contribution in [0.25, 0.3) is 5.65 Å². The van der Waals surface area contributed by atoms with Crippen molar-refractivity contribution in [1.29, 1.82) is 0 Å². The quantitative estimate of drug-likeness (QED) is 0.632. The molecular weight excluding hydrogens is 376 g/mol. The number of imidazole rings is 1. The predicted octanol–water partition coefficient (Wildman–Crippen LogP) is 3.39. The number of carbonyl (C=O) groups excluding carboxylic acids is 1. The molecule has 156 valence electrons. The third kappa shape index (κ3) is 4.05. The lowest BCUT2D eigenvalue weighted by Gasteiger charge is -2.35. The van der Waals surface area contributed by atoms with Crippen LogP contribution in [0.15, 0.2) is 48.8 Å². The lowest BCUT2D eigenvalue weighted by atomic mass is 10.1. The van der Waals surface area contributed by atoms with Gasteiger partial charge in [0.15, 0.2) is 0 Å². The van der Waals surface area contributed by atoms with Crippen molar-refractivity contribution in [2.75, 3.05) is 32.7 Å².